The van der Waals surface area contributed by atoms with Crippen LogP contribution < -0.4 is 0 Å². The van der Waals surface area contributed by atoms with Crippen molar-refractivity contribution in [2.45, 2.75) is 32.2 Å². The van der Waals surface area contributed by atoms with Crippen LogP contribution in [0.1, 0.15) is 45.6 Å². The van der Waals surface area contributed by atoms with Gasteiger partial charge in [0, 0.05) is 43.3 Å². The predicted octanol–water partition coefficient (Wildman–Crippen LogP) is 3.72. The molecule has 6 heteroatoms. The Morgan fingerprint density at radius 1 is 1.23 bits per heavy atom. The largest absolute Gasteiger partial charge is 0.337 e. The van der Waals surface area contributed by atoms with Crippen LogP contribution in [0.15, 0.2) is 48.1 Å². The first-order valence-corrected chi connectivity index (χ1v) is 9.85. The Kier molecular flexibility index (Phi) is 4.84. The molecule has 5 nitrogen and oxygen atoms in total. The van der Waals surface area contributed by atoms with E-state index in [2.05, 4.69) is 45.0 Å². The molecule has 26 heavy (non-hydrogen) atoms. The van der Waals surface area contributed by atoms with Gasteiger partial charge in [0.15, 0.2) is 0 Å². The first-order chi connectivity index (χ1) is 12.7. The van der Waals surface area contributed by atoms with Crippen molar-refractivity contribution in [3.8, 4) is 0 Å². The minimum atomic E-state index is 0.0560. The summed E-state index contributed by atoms with van der Waals surface area (Å²) in [6.07, 6.45) is 5.83. The van der Waals surface area contributed by atoms with Gasteiger partial charge in [0.1, 0.15) is 11.5 Å². The number of thiazole rings is 1. The number of piperidine rings is 1. The van der Waals surface area contributed by atoms with Gasteiger partial charge in [-0.05, 0) is 25.3 Å². The number of likely N-dealkylation sites (tertiary alicyclic amines) is 1. The summed E-state index contributed by atoms with van der Waals surface area (Å²) in [7, 11) is 0. The highest BCUT2D eigenvalue weighted by atomic mass is 32.1. The topological polar surface area (TPSA) is 51.0 Å². The Morgan fingerprint density at radius 2 is 2.00 bits per heavy atom. The first kappa shape index (κ1) is 17.0. The van der Waals surface area contributed by atoms with Gasteiger partial charge >= 0.3 is 0 Å². The van der Waals surface area contributed by atoms with Gasteiger partial charge in [-0.2, -0.15) is 0 Å². The van der Waals surface area contributed by atoms with E-state index in [1.807, 2.05) is 29.5 Å². The third-order valence-corrected chi connectivity index (χ3v) is 5.70. The van der Waals surface area contributed by atoms with Crippen molar-refractivity contribution in [2.75, 3.05) is 13.1 Å². The molecule has 0 aliphatic carbocycles. The number of hydrogen-bond acceptors (Lipinski definition) is 4. The molecule has 134 valence electrons. The molecular formula is C20H22N4OS. The van der Waals surface area contributed by atoms with Crippen molar-refractivity contribution in [3.05, 3.63) is 70.2 Å². The van der Waals surface area contributed by atoms with Crippen LogP contribution in [0.3, 0.4) is 0 Å². The van der Waals surface area contributed by atoms with E-state index in [0.29, 0.717) is 11.6 Å². The first-order valence-electron chi connectivity index (χ1n) is 8.97. The van der Waals surface area contributed by atoms with Crippen LogP contribution in [0, 0.1) is 6.92 Å². The second-order valence-electron chi connectivity index (χ2n) is 6.72. The fourth-order valence-electron chi connectivity index (χ4n) is 3.56. The van der Waals surface area contributed by atoms with E-state index in [1.165, 1.54) is 16.9 Å². The van der Waals surface area contributed by atoms with Crippen LogP contribution in [-0.2, 0) is 6.54 Å². The summed E-state index contributed by atoms with van der Waals surface area (Å²) >= 11 is 1.53. The van der Waals surface area contributed by atoms with Crippen molar-refractivity contribution in [3.63, 3.8) is 0 Å². The zero-order valence-corrected chi connectivity index (χ0v) is 15.7. The van der Waals surface area contributed by atoms with E-state index in [-0.39, 0.29) is 5.91 Å². The summed E-state index contributed by atoms with van der Waals surface area (Å²) in [6, 6.07) is 10.4. The van der Waals surface area contributed by atoms with Crippen LogP contribution in [-0.4, -0.2) is 38.4 Å². The summed E-state index contributed by atoms with van der Waals surface area (Å²) in [5, 5.41) is 2.79. The quantitative estimate of drug-likeness (QED) is 0.707. The zero-order valence-electron chi connectivity index (χ0n) is 14.8. The molecule has 3 heterocycles. The van der Waals surface area contributed by atoms with Crippen molar-refractivity contribution in [2.24, 2.45) is 0 Å². The molecule has 0 atom stereocenters. The van der Waals surface area contributed by atoms with Crippen LogP contribution in [0.4, 0.5) is 0 Å². The summed E-state index contributed by atoms with van der Waals surface area (Å²) in [5.74, 6) is 1.58. The number of imidazole rings is 1. The number of carbonyl (C=O) groups excluding carboxylic acids is 1. The Bertz CT molecular complexity index is 878. The molecule has 0 unspecified atom stereocenters. The number of aryl methyl sites for hydroxylation is 1. The Morgan fingerprint density at radius 3 is 2.69 bits per heavy atom. The number of benzene rings is 1. The lowest BCUT2D eigenvalue weighted by atomic mass is 9.95. The summed E-state index contributed by atoms with van der Waals surface area (Å²) < 4.78 is 2.24. The highest BCUT2D eigenvalue weighted by molar-refractivity contribution is 7.09. The molecule has 1 aliphatic heterocycles. The summed E-state index contributed by atoms with van der Waals surface area (Å²) in [5.41, 5.74) is 1.86. The van der Waals surface area contributed by atoms with Gasteiger partial charge in [0.25, 0.3) is 5.91 Å². The Hall–Kier alpha value is -2.47. The van der Waals surface area contributed by atoms with Gasteiger partial charge < -0.3 is 9.47 Å². The molecule has 1 aliphatic rings. The van der Waals surface area contributed by atoms with Crippen LogP contribution in [0.2, 0.25) is 0 Å². The molecule has 0 radical (unpaired) electrons. The summed E-state index contributed by atoms with van der Waals surface area (Å²) in [4.78, 5) is 23.4. The van der Waals surface area contributed by atoms with E-state index in [9.17, 15) is 4.79 Å². The highest BCUT2D eigenvalue weighted by Gasteiger charge is 2.27. The maximum atomic E-state index is 12.6. The zero-order chi connectivity index (χ0) is 17.9. The molecule has 3 aromatic rings. The number of aromatic nitrogens is 3. The standard InChI is InChI=1S/C20H22N4OS/c1-15-22-18(14-26-15)20(25)23-10-7-17(8-11-23)19-21-9-12-24(19)13-16-5-3-2-4-6-16/h2-6,9,12,14,17H,7-8,10-11,13H2,1H3. The number of carbonyl (C=O) groups is 1. The van der Waals surface area contributed by atoms with Gasteiger partial charge in [0.2, 0.25) is 0 Å². The van der Waals surface area contributed by atoms with Crippen molar-refractivity contribution < 1.29 is 4.79 Å². The third kappa shape index (κ3) is 3.55. The van der Waals surface area contributed by atoms with Crippen LogP contribution >= 0.6 is 11.3 Å². The molecular weight excluding hydrogens is 344 g/mol. The Balaban J connectivity index is 1.41. The lowest BCUT2D eigenvalue weighted by Gasteiger charge is -2.31. The van der Waals surface area contributed by atoms with Gasteiger partial charge in [0.05, 0.1) is 5.01 Å². The maximum absolute atomic E-state index is 12.6. The third-order valence-electron chi connectivity index (χ3n) is 4.93. The fraction of sp³-hybridized carbons (Fsp3) is 0.350. The van der Waals surface area contributed by atoms with Crippen molar-refractivity contribution in [1.29, 1.82) is 0 Å². The molecule has 2 aromatic heterocycles. The smallest absolute Gasteiger partial charge is 0.273 e. The number of amides is 1. The van der Waals surface area contributed by atoms with Crippen molar-refractivity contribution in [1.82, 2.24) is 19.4 Å². The average Bonchev–Trinajstić information content (AvgIpc) is 3.31. The van der Waals surface area contributed by atoms with E-state index < -0.39 is 0 Å². The predicted molar refractivity (Wildman–Crippen MR) is 103 cm³/mol. The second-order valence-corrected chi connectivity index (χ2v) is 7.78. The monoisotopic (exact) mass is 366 g/mol. The minimum absolute atomic E-state index is 0.0560. The molecule has 4 rings (SSSR count). The minimum Gasteiger partial charge on any atom is -0.337 e. The Labute approximate surface area is 157 Å². The van der Waals surface area contributed by atoms with Crippen LogP contribution in [0.25, 0.3) is 0 Å². The molecule has 1 aromatic carbocycles. The number of nitrogens with zero attached hydrogens (tertiary/aromatic N) is 4. The van der Waals surface area contributed by atoms with Crippen LogP contribution in [0.5, 0.6) is 0 Å². The fourth-order valence-corrected chi connectivity index (χ4v) is 4.15. The molecule has 0 spiro atoms. The van der Waals surface area contributed by atoms with Gasteiger partial charge in [-0.25, -0.2) is 9.97 Å². The van der Waals surface area contributed by atoms with Gasteiger partial charge in [-0.15, -0.1) is 11.3 Å². The highest BCUT2D eigenvalue weighted by Crippen LogP contribution is 2.28. The summed E-state index contributed by atoms with van der Waals surface area (Å²) in [6.45, 7) is 4.30. The van der Waals surface area contributed by atoms with Gasteiger partial charge in [-0.1, -0.05) is 30.3 Å². The maximum Gasteiger partial charge on any atom is 0.273 e. The number of rotatable bonds is 4. The van der Waals surface area contributed by atoms with Crippen molar-refractivity contribution >= 4 is 17.2 Å². The van der Waals surface area contributed by atoms with E-state index in [1.54, 1.807) is 0 Å². The molecule has 1 fully saturated rings. The molecule has 1 saturated heterocycles. The normalized spacial score (nSPS) is 15.3. The lowest BCUT2D eigenvalue weighted by molar-refractivity contribution is 0.0705. The molecule has 0 N–H and O–H groups in total. The SMILES string of the molecule is Cc1nc(C(=O)N2CCC(c3nccn3Cc3ccccc3)CC2)cs1. The van der Waals surface area contributed by atoms with E-state index in [0.717, 1.165) is 43.3 Å². The van der Waals surface area contributed by atoms with E-state index >= 15 is 0 Å². The lowest BCUT2D eigenvalue weighted by Crippen LogP contribution is -2.38. The van der Waals surface area contributed by atoms with Gasteiger partial charge in [-0.3, -0.25) is 4.79 Å². The van der Waals surface area contributed by atoms with E-state index in [4.69, 9.17) is 0 Å². The average molecular weight is 366 g/mol. The molecule has 0 saturated carbocycles. The molecule has 0 bridgehead atoms. The number of hydrogen-bond donors (Lipinski definition) is 0. The second kappa shape index (κ2) is 7.41. The molecule has 1 amide bonds.